The van der Waals surface area contributed by atoms with Crippen molar-refractivity contribution in [2.75, 3.05) is 13.7 Å². The second-order valence-electron chi connectivity index (χ2n) is 4.70. The lowest BCUT2D eigenvalue weighted by atomic mass is 10.1. The zero-order chi connectivity index (χ0) is 15.9. The Hall–Kier alpha value is -2.49. The third-order valence-corrected chi connectivity index (χ3v) is 3.25. The maximum atomic E-state index is 11.1. The summed E-state index contributed by atoms with van der Waals surface area (Å²) in [5.41, 5.74) is 1.71. The van der Waals surface area contributed by atoms with Crippen LogP contribution in [-0.4, -0.2) is 20.0 Å². The number of methoxy groups -OCH3 is 1. The van der Waals surface area contributed by atoms with Crippen LogP contribution in [0.5, 0.6) is 23.0 Å². The third-order valence-electron chi connectivity index (χ3n) is 3.25. The SMILES string of the molecule is CCOc1c(OC)cc(C=O)cc1Oc1ccc(CC)cc1. The van der Waals surface area contributed by atoms with Gasteiger partial charge in [0.15, 0.2) is 11.5 Å². The first-order valence-electron chi connectivity index (χ1n) is 7.28. The second kappa shape index (κ2) is 7.50. The van der Waals surface area contributed by atoms with Crippen LogP contribution in [0, 0.1) is 0 Å². The summed E-state index contributed by atoms with van der Waals surface area (Å²) in [6, 6.07) is 11.1. The molecule has 4 nitrogen and oxygen atoms in total. The zero-order valence-electron chi connectivity index (χ0n) is 13.1. The average Bonchev–Trinajstić information content (AvgIpc) is 2.57. The Morgan fingerprint density at radius 2 is 1.73 bits per heavy atom. The van der Waals surface area contributed by atoms with E-state index in [0.29, 0.717) is 35.2 Å². The summed E-state index contributed by atoms with van der Waals surface area (Å²) in [7, 11) is 1.53. The molecule has 0 heterocycles. The maximum absolute atomic E-state index is 11.1. The van der Waals surface area contributed by atoms with E-state index in [1.54, 1.807) is 12.1 Å². The van der Waals surface area contributed by atoms with E-state index in [-0.39, 0.29) is 0 Å². The molecule has 0 fully saturated rings. The molecule has 4 heteroatoms. The molecule has 0 atom stereocenters. The molecule has 0 saturated heterocycles. The number of aryl methyl sites for hydroxylation is 1. The average molecular weight is 300 g/mol. The molecular formula is C18H20O4. The van der Waals surface area contributed by atoms with Gasteiger partial charge in [-0.3, -0.25) is 4.79 Å². The first-order chi connectivity index (χ1) is 10.7. The van der Waals surface area contributed by atoms with Crippen molar-refractivity contribution in [3.8, 4) is 23.0 Å². The number of hydrogen-bond acceptors (Lipinski definition) is 4. The molecule has 0 aliphatic rings. The minimum atomic E-state index is 0.465. The minimum Gasteiger partial charge on any atom is -0.493 e. The van der Waals surface area contributed by atoms with E-state index < -0.39 is 0 Å². The molecule has 2 aromatic rings. The molecule has 0 unspecified atom stereocenters. The molecule has 0 amide bonds. The van der Waals surface area contributed by atoms with Crippen LogP contribution in [0.25, 0.3) is 0 Å². The van der Waals surface area contributed by atoms with Crippen LogP contribution < -0.4 is 14.2 Å². The molecule has 0 aliphatic heterocycles. The van der Waals surface area contributed by atoms with Crippen LogP contribution in [0.2, 0.25) is 0 Å². The van der Waals surface area contributed by atoms with Crippen molar-refractivity contribution in [2.24, 2.45) is 0 Å². The summed E-state index contributed by atoms with van der Waals surface area (Å²) in [6.45, 7) is 4.45. The summed E-state index contributed by atoms with van der Waals surface area (Å²) in [5.74, 6) is 2.12. The van der Waals surface area contributed by atoms with Crippen LogP contribution in [0.1, 0.15) is 29.8 Å². The molecular weight excluding hydrogens is 280 g/mol. The number of ether oxygens (including phenoxy) is 3. The van der Waals surface area contributed by atoms with Crippen LogP contribution >= 0.6 is 0 Å². The predicted octanol–water partition coefficient (Wildman–Crippen LogP) is 4.26. The molecule has 0 spiro atoms. The Bertz CT molecular complexity index is 632. The number of rotatable bonds is 7. The van der Waals surface area contributed by atoms with Crippen LogP contribution in [-0.2, 0) is 6.42 Å². The van der Waals surface area contributed by atoms with E-state index >= 15 is 0 Å². The van der Waals surface area contributed by atoms with Gasteiger partial charge in [-0.15, -0.1) is 0 Å². The minimum absolute atomic E-state index is 0.465. The summed E-state index contributed by atoms with van der Waals surface area (Å²) in [5, 5.41) is 0. The number of carbonyl (C=O) groups excluding carboxylic acids is 1. The molecule has 0 aromatic heterocycles. The fourth-order valence-corrected chi connectivity index (χ4v) is 2.10. The highest BCUT2D eigenvalue weighted by atomic mass is 16.5. The molecule has 116 valence electrons. The smallest absolute Gasteiger partial charge is 0.204 e. The van der Waals surface area contributed by atoms with Crippen LogP contribution in [0.4, 0.5) is 0 Å². The van der Waals surface area contributed by atoms with Gasteiger partial charge in [0.05, 0.1) is 13.7 Å². The number of hydrogen-bond donors (Lipinski definition) is 0. The Kier molecular flexibility index (Phi) is 5.42. The molecule has 2 rings (SSSR count). The normalized spacial score (nSPS) is 10.1. The van der Waals surface area contributed by atoms with Crippen molar-refractivity contribution in [3.05, 3.63) is 47.5 Å². The zero-order valence-corrected chi connectivity index (χ0v) is 13.1. The molecule has 0 radical (unpaired) electrons. The van der Waals surface area contributed by atoms with Gasteiger partial charge in [-0.25, -0.2) is 0 Å². The molecule has 0 bridgehead atoms. The van der Waals surface area contributed by atoms with Gasteiger partial charge in [0.2, 0.25) is 5.75 Å². The Morgan fingerprint density at radius 1 is 1.05 bits per heavy atom. The Balaban J connectivity index is 2.39. The lowest BCUT2D eigenvalue weighted by molar-refractivity contribution is 0.112. The van der Waals surface area contributed by atoms with Crippen molar-refractivity contribution in [2.45, 2.75) is 20.3 Å². The van der Waals surface area contributed by atoms with E-state index in [9.17, 15) is 4.79 Å². The van der Waals surface area contributed by atoms with E-state index in [4.69, 9.17) is 14.2 Å². The van der Waals surface area contributed by atoms with Gasteiger partial charge >= 0.3 is 0 Å². The monoisotopic (exact) mass is 300 g/mol. The van der Waals surface area contributed by atoms with E-state index in [1.165, 1.54) is 12.7 Å². The maximum Gasteiger partial charge on any atom is 0.204 e. The van der Waals surface area contributed by atoms with Gasteiger partial charge in [-0.05, 0) is 43.2 Å². The van der Waals surface area contributed by atoms with E-state index in [2.05, 4.69) is 6.92 Å². The highest BCUT2D eigenvalue weighted by molar-refractivity contribution is 5.78. The van der Waals surface area contributed by atoms with Gasteiger partial charge in [0, 0.05) is 5.56 Å². The second-order valence-corrected chi connectivity index (χ2v) is 4.70. The topological polar surface area (TPSA) is 44.8 Å². The lowest BCUT2D eigenvalue weighted by Gasteiger charge is -2.15. The standard InChI is InChI=1S/C18H20O4/c1-4-13-6-8-15(9-7-13)22-17-11-14(12-19)10-16(20-3)18(17)21-5-2/h6-12H,4-5H2,1-3H3. The highest BCUT2D eigenvalue weighted by Crippen LogP contribution is 2.40. The predicted molar refractivity (Wildman–Crippen MR) is 85.4 cm³/mol. The fraction of sp³-hybridized carbons (Fsp3) is 0.278. The van der Waals surface area contributed by atoms with Crippen molar-refractivity contribution >= 4 is 6.29 Å². The number of benzene rings is 2. The van der Waals surface area contributed by atoms with Crippen LogP contribution in [0.15, 0.2) is 36.4 Å². The molecule has 0 saturated carbocycles. The van der Waals surface area contributed by atoms with Crippen molar-refractivity contribution in [1.29, 1.82) is 0 Å². The van der Waals surface area contributed by atoms with Crippen molar-refractivity contribution in [1.82, 2.24) is 0 Å². The molecule has 0 N–H and O–H groups in total. The number of carbonyl (C=O) groups is 1. The van der Waals surface area contributed by atoms with Crippen molar-refractivity contribution < 1.29 is 19.0 Å². The molecule has 2 aromatic carbocycles. The van der Waals surface area contributed by atoms with Gasteiger partial charge < -0.3 is 14.2 Å². The highest BCUT2D eigenvalue weighted by Gasteiger charge is 2.15. The summed E-state index contributed by atoms with van der Waals surface area (Å²) in [4.78, 5) is 11.1. The molecule has 22 heavy (non-hydrogen) atoms. The lowest BCUT2D eigenvalue weighted by Crippen LogP contribution is -1.99. The summed E-state index contributed by atoms with van der Waals surface area (Å²) < 4.78 is 16.8. The summed E-state index contributed by atoms with van der Waals surface area (Å²) >= 11 is 0. The molecule has 0 aliphatic carbocycles. The largest absolute Gasteiger partial charge is 0.493 e. The quantitative estimate of drug-likeness (QED) is 0.717. The van der Waals surface area contributed by atoms with Crippen LogP contribution in [0.3, 0.4) is 0 Å². The Morgan fingerprint density at radius 3 is 2.27 bits per heavy atom. The van der Waals surface area contributed by atoms with Gasteiger partial charge in [0.25, 0.3) is 0 Å². The van der Waals surface area contributed by atoms with Gasteiger partial charge in [0.1, 0.15) is 12.0 Å². The third kappa shape index (κ3) is 3.58. The first kappa shape index (κ1) is 15.9. The van der Waals surface area contributed by atoms with Gasteiger partial charge in [-0.1, -0.05) is 19.1 Å². The van der Waals surface area contributed by atoms with Gasteiger partial charge in [-0.2, -0.15) is 0 Å². The number of aldehydes is 1. The fourth-order valence-electron chi connectivity index (χ4n) is 2.10. The van der Waals surface area contributed by atoms with Crippen molar-refractivity contribution in [3.63, 3.8) is 0 Å². The van der Waals surface area contributed by atoms with E-state index in [1.807, 2.05) is 31.2 Å². The Labute approximate surface area is 130 Å². The summed E-state index contributed by atoms with van der Waals surface area (Å²) in [6.07, 6.45) is 1.73. The first-order valence-corrected chi connectivity index (χ1v) is 7.28. The van der Waals surface area contributed by atoms with E-state index in [0.717, 1.165) is 12.7 Å².